The second-order valence-corrected chi connectivity index (χ2v) is 3.61. The standard InChI is InChI=1S/C13H13FN2/c1-10-5-4-8-15-13(10)16-9-11-6-2-3-7-12(11)14/h2-8H,9H2,1H3,(H,15,16). The highest BCUT2D eigenvalue weighted by molar-refractivity contribution is 5.43. The first-order chi connectivity index (χ1) is 7.77. The number of nitrogens with zero attached hydrogens (tertiary/aromatic N) is 1. The Kier molecular flexibility index (Phi) is 3.15. The second kappa shape index (κ2) is 4.75. The van der Waals surface area contributed by atoms with Crippen LogP contribution in [0.15, 0.2) is 42.6 Å². The third-order valence-electron chi connectivity index (χ3n) is 2.41. The Labute approximate surface area is 94.2 Å². The van der Waals surface area contributed by atoms with Gasteiger partial charge in [0, 0.05) is 18.3 Å². The van der Waals surface area contributed by atoms with Crippen molar-refractivity contribution in [3.05, 3.63) is 59.5 Å². The van der Waals surface area contributed by atoms with Crippen LogP contribution in [0.3, 0.4) is 0 Å². The topological polar surface area (TPSA) is 24.9 Å². The summed E-state index contributed by atoms with van der Waals surface area (Å²) in [5.41, 5.74) is 1.70. The van der Waals surface area contributed by atoms with Crippen LogP contribution in [0.4, 0.5) is 10.2 Å². The monoisotopic (exact) mass is 216 g/mol. The van der Waals surface area contributed by atoms with Crippen molar-refractivity contribution < 1.29 is 4.39 Å². The summed E-state index contributed by atoms with van der Waals surface area (Å²) in [5.74, 6) is 0.606. The summed E-state index contributed by atoms with van der Waals surface area (Å²) in [6.45, 7) is 2.42. The number of benzene rings is 1. The molecule has 82 valence electrons. The first-order valence-corrected chi connectivity index (χ1v) is 5.16. The number of hydrogen-bond donors (Lipinski definition) is 1. The van der Waals surface area contributed by atoms with E-state index in [0.29, 0.717) is 12.1 Å². The number of pyridine rings is 1. The van der Waals surface area contributed by atoms with Gasteiger partial charge in [-0.15, -0.1) is 0 Å². The van der Waals surface area contributed by atoms with Crippen molar-refractivity contribution in [2.45, 2.75) is 13.5 Å². The van der Waals surface area contributed by atoms with E-state index in [1.165, 1.54) is 6.07 Å². The molecule has 0 saturated heterocycles. The lowest BCUT2D eigenvalue weighted by Crippen LogP contribution is -2.04. The van der Waals surface area contributed by atoms with Crippen LogP contribution in [0.5, 0.6) is 0 Å². The smallest absolute Gasteiger partial charge is 0.129 e. The zero-order valence-corrected chi connectivity index (χ0v) is 9.07. The quantitative estimate of drug-likeness (QED) is 0.852. The van der Waals surface area contributed by atoms with Gasteiger partial charge in [0.15, 0.2) is 0 Å². The summed E-state index contributed by atoms with van der Waals surface area (Å²) in [6.07, 6.45) is 1.72. The number of aryl methyl sites for hydroxylation is 1. The SMILES string of the molecule is Cc1cccnc1NCc1ccccc1F. The summed E-state index contributed by atoms with van der Waals surface area (Å²) >= 11 is 0. The van der Waals surface area contributed by atoms with Gasteiger partial charge in [-0.3, -0.25) is 0 Å². The molecule has 0 fully saturated rings. The van der Waals surface area contributed by atoms with E-state index in [1.54, 1.807) is 18.3 Å². The van der Waals surface area contributed by atoms with E-state index in [1.807, 2.05) is 25.1 Å². The van der Waals surface area contributed by atoms with Crippen LogP contribution in [0.1, 0.15) is 11.1 Å². The summed E-state index contributed by atoms with van der Waals surface area (Å²) < 4.78 is 13.3. The molecule has 1 aromatic carbocycles. The first kappa shape index (κ1) is 10.6. The molecule has 0 spiro atoms. The number of aromatic nitrogens is 1. The lowest BCUT2D eigenvalue weighted by Gasteiger charge is -2.08. The predicted molar refractivity (Wildman–Crippen MR) is 62.7 cm³/mol. The van der Waals surface area contributed by atoms with Crippen molar-refractivity contribution in [2.75, 3.05) is 5.32 Å². The molecule has 16 heavy (non-hydrogen) atoms. The van der Waals surface area contributed by atoms with Crippen molar-refractivity contribution >= 4 is 5.82 Å². The molecule has 0 amide bonds. The normalized spacial score (nSPS) is 10.1. The van der Waals surface area contributed by atoms with Crippen molar-refractivity contribution in [1.29, 1.82) is 0 Å². The van der Waals surface area contributed by atoms with E-state index in [-0.39, 0.29) is 5.82 Å². The summed E-state index contributed by atoms with van der Waals surface area (Å²) in [7, 11) is 0. The first-order valence-electron chi connectivity index (χ1n) is 5.16. The molecule has 0 radical (unpaired) electrons. The van der Waals surface area contributed by atoms with E-state index >= 15 is 0 Å². The van der Waals surface area contributed by atoms with Crippen LogP contribution in [0.25, 0.3) is 0 Å². The van der Waals surface area contributed by atoms with Gasteiger partial charge in [-0.05, 0) is 24.6 Å². The van der Waals surface area contributed by atoms with E-state index in [9.17, 15) is 4.39 Å². The van der Waals surface area contributed by atoms with Crippen LogP contribution in [-0.2, 0) is 6.54 Å². The molecule has 0 aliphatic rings. The molecule has 0 aliphatic carbocycles. The van der Waals surface area contributed by atoms with Crippen LogP contribution in [0.2, 0.25) is 0 Å². The number of anilines is 1. The van der Waals surface area contributed by atoms with E-state index in [0.717, 1.165) is 11.4 Å². The van der Waals surface area contributed by atoms with Crippen molar-refractivity contribution in [3.8, 4) is 0 Å². The predicted octanol–water partition coefficient (Wildman–Crippen LogP) is 3.14. The van der Waals surface area contributed by atoms with E-state index < -0.39 is 0 Å². The van der Waals surface area contributed by atoms with Crippen LogP contribution in [-0.4, -0.2) is 4.98 Å². The van der Waals surface area contributed by atoms with Gasteiger partial charge in [-0.2, -0.15) is 0 Å². The minimum Gasteiger partial charge on any atom is -0.366 e. The fraction of sp³-hybridized carbons (Fsp3) is 0.154. The molecule has 0 bridgehead atoms. The highest BCUT2D eigenvalue weighted by Crippen LogP contribution is 2.12. The minimum atomic E-state index is -0.191. The van der Waals surface area contributed by atoms with Gasteiger partial charge in [0.05, 0.1) is 0 Å². The lowest BCUT2D eigenvalue weighted by molar-refractivity contribution is 0.613. The maximum atomic E-state index is 13.3. The molecule has 1 N–H and O–H groups in total. The molecular formula is C13H13FN2. The molecule has 2 rings (SSSR count). The summed E-state index contributed by atoms with van der Waals surface area (Å²) in [6, 6.07) is 10.6. The third kappa shape index (κ3) is 2.37. The molecule has 0 atom stereocenters. The Hall–Kier alpha value is -1.90. The van der Waals surface area contributed by atoms with Crippen LogP contribution >= 0.6 is 0 Å². The highest BCUT2D eigenvalue weighted by atomic mass is 19.1. The maximum absolute atomic E-state index is 13.3. The summed E-state index contributed by atoms with van der Waals surface area (Å²) in [5, 5.41) is 3.12. The summed E-state index contributed by atoms with van der Waals surface area (Å²) in [4.78, 5) is 4.19. The van der Waals surface area contributed by atoms with Crippen molar-refractivity contribution in [2.24, 2.45) is 0 Å². The van der Waals surface area contributed by atoms with Gasteiger partial charge < -0.3 is 5.32 Å². The number of hydrogen-bond acceptors (Lipinski definition) is 2. The third-order valence-corrected chi connectivity index (χ3v) is 2.41. The molecule has 3 heteroatoms. The molecule has 1 aromatic heterocycles. The van der Waals surface area contributed by atoms with Gasteiger partial charge in [-0.25, -0.2) is 9.37 Å². The molecule has 2 nitrogen and oxygen atoms in total. The zero-order chi connectivity index (χ0) is 11.4. The van der Waals surface area contributed by atoms with Gasteiger partial charge >= 0.3 is 0 Å². The average Bonchev–Trinajstić information content (AvgIpc) is 2.30. The molecule has 0 saturated carbocycles. The van der Waals surface area contributed by atoms with Crippen LogP contribution in [0, 0.1) is 12.7 Å². The second-order valence-electron chi connectivity index (χ2n) is 3.61. The number of halogens is 1. The zero-order valence-electron chi connectivity index (χ0n) is 9.07. The Morgan fingerprint density at radius 3 is 2.75 bits per heavy atom. The Morgan fingerprint density at radius 2 is 2.00 bits per heavy atom. The largest absolute Gasteiger partial charge is 0.366 e. The molecule has 1 heterocycles. The Bertz CT molecular complexity index is 437. The fourth-order valence-electron chi connectivity index (χ4n) is 1.49. The highest BCUT2D eigenvalue weighted by Gasteiger charge is 2.01. The van der Waals surface area contributed by atoms with Gasteiger partial charge in [0.2, 0.25) is 0 Å². The minimum absolute atomic E-state index is 0.191. The average molecular weight is 216 g/mol. The van der Waals surface area contributed by atoms with Crippen molar-refractivity contribution in [3.63, 3.8) is 0 Å². The molecule has 2 aromatic rings. The Balaban J connectivity index is 2.09. The van der Waals surface area contributed by atoms with Crippen LogP contribution < -0.4 is 5.32 Å². The lowest BCUT2D eigenvalue weighted by atomic mass is 10.2. The van der Waals surface area contributed by atoms with E-state index in [4.69, 9.17) is 0 Å². The van der Waals surface area contributed by atoms with Crippen molar-refractivity contribution in [1.82, 2.24) is 4.98 Å². The number of rotatable bonds is 3. The van der Waals surface area contributed by atoms with Gasteiger partial charge in [0.1, 0.15) is 11.6 Å². The van der Waals surface area contributed by atoms with Gasteiger partial charge in [-0.1, -0.05) is 24.3 Å². The molecule has 0 aliphatic heterocycles. The van der Waals surface area contributed by atoms with E-state index in [2.05, 4.69) is 10.3 Å². The van der Waals surface area contributed by atoms with Gasteiger partial charge in [0.25, 0.3) is 0 Å². The Morgan fingerprint density at radius 1 is 1.19 bits per heavy atom. The number of nitrogens with one attached hydrogen (secondary N) is 1. The molecular weight excluding hydrogens is 203 g/mol. The maximum Gasteiger partial charge on any atom is 0.129 e. The fourth-order valence-corrected chi connectivity index (χ4v) is 1.49. The molecule has 0 unspecified atom stereocenters.